The van der Waals surface area contributed by atoms with Gasteiger partial charge in [-0.25, -0.2) is 0 Å². The molecule has 18 heavy (non-hydrogen) atoms. The summed E-state index contributed by atoms with van der Waals surface area (Å²) in [5, 5.41) is 20.4. The van der Waals surface area contributed by atoms with Gasteiger partial charge in [-0.05, 0) is 30.2 Å². The third-order valence-electron chi connectivity index (χ3n) is 2.50. The first kappa shape index (κ1) is 13.9. The molecule has 0 aliphatic rings. The lowest BCUT2D eigenvalue weighted by Gasteiger charge is -2.11. The highest BCUT2D eigenvalue weighted by Crippen LogP contribution is 2.05. The van der Waals surface area contributed by atoms with Gasteiger partial charge in [0.1, 0.15) is 0 Å². The fourth-order valence-electron chi connectivity index (χ4n) is 1.41. The number of aliphatic hydroxyl groups excluding tert-OH is 1. The summed E-state index contributed by atoms with van der Waals surface area (Å²) in [6.45, 7) is 1.82. The molecular weight excluding hydrogens is 228 g/mol. The van der Waals surface area contributed by atoms with Crippen molar-refractivity contribution in [2.24, 2.45) is 0 Å². The standard InChI is InChI=1S/C14H16N2O2/c1-2-13(10-17)16-14(18)7-6-11-4-3-5-12(8-11)9-15/h3-8,13,17H,2,10H2,1H3,(H,16,18)/b7-6+. The second kappa shape index (κ2) is 7.25. The van der Waals surface area contributed by atoms with E-state index in [9.17, 15) is 4.79 Å². The van der Waals surface area contributed by atoms with Gasteiger partial charge in [-0.15, -0.1) is 0 Å². The molecule has 1 aromatic carbocycles. The van der Waals surface area contributed by atoms with Crippen LogP contribution in [0, 0.1) is 11.3 Å². The highest BCUT2D eigenvalue weighted by atomic mass is 16.3. The summed E-state index contributed by atoms with van der Waals surface area (Å²) < 4.78 is 0. The van der Waals surface area contributed by atoms with Gasteiger partial charge in [-0.2, -0.15) is 5.26 Å². The van der Waals surface area contributed by atoms with Crippen LogP contribution in [0.3, 0.4) is 0 Å². The highest BCUT2D eigenvalue weighted by molar-refractivity contribution is 5.91. The normalized spacial score (nSPS) is 12.1. The molecule has 0 aliphatic carbocycles. The van der Waals surface area contributed by atoms with Crippen molar-refractivity contribution in [3.63, 3.8) is 0 Å². The molecule has 0 fully saturated rings. The maximum atomic E-state index is 11.5. The van der Waals surface area contributed by atoms with Crippen molar-refractivity contribution in [1.29, 1.82) is 5.26 Å². The number of amides is 1. The lowest BCUT2D eigenvalue weighted by atomic mass is 10.1. The van der Waals surface area contributed by atoms with Crippen LogP contribution in [0.1, 0.15) is 24.5 Å². The van der Waals surface area contributed by atoms with Crippen LogP contribution in [-0.2, 0) is 4.79 Å². The van der Waals surface area contributed by atoms with E-state index in [1.165, 1.54) is 6.08 Å². The lowest BCUT2D eigenvalue weighted by molar-refractivity contribution is -0.117. The predicted octanol–water partition coefficient (Wildman–Crippen LogP) is 1.46. The molecule has 0 spiro atoms. The molecule has 0 radical (unpaired) electrons. The Morgan fingerprint density at radius 1 is 1.61 bits per heavy atom. The molecular formula is C14H16N2O2. The largest absolute Gasteiger partial charge is 0.394 e. The molecule has 1 unspecified atom stereocenters. The van der Waals surface area contributed by atoms with Crippen LogP contribution < -0.4 is 5.32 Å². The van der Waals surface area contributed by atoms with E-state index in [0.717, 1.165) is 5.56 Å². The Kier molecular flexibility index (Phi) is 5.62. The highest BCUT2D eigenvalue weighted by Gasteiger charge is 2.05. The Balaban J connectivity index is 2.63. The number of nitriles is 1. The summed E-state index contributed by atoms with van der Waals surface area (Å²) in [6.07, 6.45) is 3.72. The Morgan fingerprint density at radius 2 is 2.39 bits per heavy atom. The van der Waals surface area contributed by atoms with Crippen LogP contribution in [0.15, 0.2) is 30.3 Å². The number of benzene rings is 1. The average Bonchev–Trinajstić information content (AvgIpc) is 2.42. The first-order chi connectivity index (χ1) is 8.69. The van der Waals surface area contributed by atoms with Gasteiger partial charge in [0.2, 0.25) is 5.91 Å². The van der Waals surface area contributed by atoms with E-state index in [4.69, 9.17) is 10.4 Å². The van der Waals surface area contributed by atoms with E-state index in [1.807, 2.05) is 19.1 Å². The molecule has 0 bridgehead atoms. The minimum absolute atomic E-state index is 0.0694. The maximum absolute atomic E-state index is 11.5. The van der Waals surface area contributed by atoms with Crippen LogP contribution in [0.2, 0.25) is 0 Å². The first-order valence-corrected chi connectivity index (χ1v) is 5.79. The van der Waals surface area contributed by atoms with Crippen molar-refractivity contribution in [2.45, 2.75) is 19.4 Å². The van der Waals surface area contributed by atoms with Gasteiger partial charge in [0.05, 0.1) is 24.3 Å². The Hall–Kier alpha value is -2.12. The summed E-state index contributed by atoms with van der Waals surface area (Å²) in [5.74, 6) is -0.252. The number of carbonyl (C=O) groups excluding carboxylic acids is 1. The summed E-state index contributed by atoms with van der Waals surface area (Å²) >= 11 is 0. The van der Waals surface area contributed by atoms with Gasteiger partial charge in [-0.3, -0.25) is 4.79 Å². The summed E-state index contributed by atoms with van der Waals surface area (Å²) in [4.78, 5) is 11.5. The van der Waals surface area contributed by atoms with E-state index in [-0.39, 0.29) is 18.6 Å². The van der Waals surface area contributed by atoms with Gasteiger partial charge < -0.3 is 10.4 Å². The average molecular weight is 244 g/mol. The molecule has 0 aromatic heterocycles. The SMILES string of the molecule is CCC(CO)NC(=O)/C=C/c1cccc(C#N)c1. The van der Waals surface area contributed by atoms with Crippen molar-refractivity contribution in [3.8, 4) is 6.07 Å². The third kappa shape index (κ3) is 4.40. The van der Waals surface area contributed by atoms with E-state index in [1.54, 1.807) is 24.3 Å². The topological polar surface area (TPSA) is 73.1 Å². The lowest BCUT2D eigenvalue weighted by Crippen LogP contribution is -2.35. The number of aliphatic hydroxyl groups is 1. The smallest absolute Gasteiger partial charge is 0.244 e. The van der Waals surface area contributed by atoms with Crippen LogP contribution in [0.25, 0.3) is 6.08 Å². The van der Waals surface area contributed by atoms with Gasteiger partial charge in [0.25, 0.3) is 0 Å². The number of hydrogen-bond donors (Lipinski definition) is 2. The number of rotatable bonds is 5. The minimum Gasteiger partial charge on any atom is -0.394 e. The quantitative estimate of drug-likeness (QED) is 0.770. The minimum atomic E-state index is -0.252. The molecule has 1 atom stereocenters. The van der Waals surface area contributed by atoms with Gasteiger partial charge in [0.15, 0.2) is 0 Å². The zero-order valence-corrected chi connectivity index (χ0v) is 10.3. The second-order valence-corrected chi connectivity index (χ2v) is 3.87. The monoisotopic (exact) mass is 244 g/mol. The molecule has 0 saturated heterocycles. The maximum Gasteiger partial charge on any atom is 0.244 e. The Bertz CT molecular complexity index is 471. The van der Waals surface area contributed by atoms with E-state index >= 15 is 0 Å². The van der Waals surface area contributed by atoms with Crippen molar-refractivity contribution < 1.29 is 9.90 Å². The molecule has 4 nitrogen and oxygen atoms in total. The molecule has 0 aliphatic heterocycles. The molecule has 4 heteroatoms. The van der Waals surface area contributed by atoms with Gasteiger partial charge >= 0.3 is 0 Å². The van der Waals surface area contributed by atoms with Crippen molar-refractivity contribution in [3.05, 3.63) is 41.5 Å². The van der Waals surface area contributed by atoms with Crippen LogP contribution in [0.5, 0.6) is 0 Å². The summed E-state index contributed by atoms with van der Waals surface area (Å²) in [7, 11) is 0. The number of hydrogen-bond acceptors (Lipinski definition) is 3. The zero-order valence-electron chi connectivity index (χ0n) is 10.3. The van der Waals surface area contributed by atoms with Crippen LogP contribution in [0.4, 0.5) is 0 Å². The Labute approximate surface area is 107 Å². The predicted molar refractivity (Wildman–Crippen MR) is 69.5 cm³/mol. The van der Waals surface area contributed by atoms with Crippen LogP contribution >= 0.6 is 0 Å². The first-order valence-electron chi connectivity index (χ1n) is 5.79. The van der Waals surface area contributed by atoms with Gasteiger partial charge in [-0.1, -0.05) is 19.1 Å². The third-order valence-corrected chi connectivity index (χ3v) is 2.50. The van der Waals surface area contributed by atoms with Crippen LogP contribution in [-0.4, -0.2) is 23.7 Å². The molecule has 1 aromatic rings. The van der Waals surface area contributed by atoms with Crippen molar-refractivity contribution >= 4 is 12.0 Å². The second-order valence-electron chi connectivity index (χ2n) is 3.87. The van der Waals surface area contributed by atoms with Gasteiger partial charge in [0, 0.05) is 6.08 Å². The van der Waals surface area contributed by atoms with Crippen molar-refractivity contribution in [1.82, 2.24) is 5.32 Å². The molecule has 94 valence electrons. The molecule has 1 amide bonds. The summed E-state index contributed by atoms with van der Waals surface area (Å²) in [5.41, 5.74) is 1.35. The van der Waals surface area contributed by atoms with E-state index in [2.05, 4.69) is 5.32 Å². The number of nitrogens with zero attached hydrogens (tertiary/aromatic N) is 1. The Morgan fingerprint density at radius 3 is 3.00 bits per heavy atom. The zero-order chi connectivity index (χ0) is 13.4. The number of carbonyl (C=O) groups is 1. The fourth-order valence-corrected chi connectivity index (χ4v) is 1.41. The molecule has 1 rings (SSSR count). The van der Waals surface area contributed by atoms with E-state index in [0.29, 0.717) is 12.0 Å². The molecule has 0 heterocycles. The molecule has 2 N–H and O–H groups in total. The fraction of sp³-hybridized carbons (Fsp3) is 0.286. The number of nitrogens with one attached hydrogen (secondary N) is 1. The summed E-state index contributed by atoms with van der Waals surface area (Å²) in [6, 6.07) is 8.81. The van der Waals surface area contributed by atoms with Crippen molar-refractivity contribution in [2.75, 3.05) is 6.61 Å². The molecule has 0 saturated carbocycles. The van der Waals surface area contributed by atoms with E-state index < -0.39 is 0 Å².